The molecule has 0 aliphatic carbocycles. The first-order valence-electron chi connectivity index (χ1n) is 7.80. The number of nitrogens with zero attached hydrogens (tertiary/aromatic N) is 2. The van der Waals surface area contributed by atoms with Gasteiger partial charge in [0.1, 0.15) is 0 Å². The first kappa shape index (κ1) is 16.2. The van der Waals surface area contributed by atoms with Crippen molar-refractivity contribution in [2.24, 2.45) is 0 Å². The first-order valence-corrected chi connectivity index (χ1v) is 8.68. The number of aromatic nitrogens is 1. The molecule has 0 spiro atoms. The first-order chi connectivity index (χ1) is 10.0. The lowest BCUT2D eigenvalue weighted by molar-refractivity contribution is 0.308. The van der Waals surface area contributed by atoms with Gasteiger partial charge >= 0.3 is 0 Å². The summed E-state index contributed by atoms with van der Waals surface area (Å²) < 4.78 is 0. The van der Waals surface area contributed by atoms with Gasteiger partial charge < -0.3 is 4.90 Å². The van der Waals surface area contributed by atoms with E-state index in [1.165, 1.54) is 27.3 Å². The summed E-state index contributed by atoms with van der Waals surface area (Å²) in [5.74, 6) is 0. The third-order valence-electron chi connectivity index (χ3n) is 4.02. The fraction of sp³-hybridized carbons (Fsp3) is 0.500. The maximum absolute atomic E-state index is 4.86. The maximum atomic E-state index is 4.86. The van der Waals surface area contributed by atoms with Crippen LogP contribution < -0.4 is 0 Å². The molecule has 0 radical (unpaired) electrons. The molecule has 0 unspecified atom stereocenters. The molecule has 0 amide bonds. The molecule has 1 aromatic carbocycles. The number of rotatable bonds is 6. The van der Waals surface area contributed by atoms with Crippen LogP contribution in [0.25, 0.3) is 11.3 Å². The van der Waals surface area contributed by atoms with Crippen molar-refractivity contribution in [3.05, 3.63) is 39.2 Å². The molecule has 0 bridgehead atoms. The monoisotopic (exact) mass is 302 g/mol. The van der Waals surface area contributed by atoms with Gasteiger partial charge in [0.15, 0.2) is 0 Å². The zero-order chi connectivity index (χ0) is 15.4. The van der Waals surface area contributed by atoms with Gasteiger partial charge in [0.2, 0.25) is 0 Å². The molecule has 1 aromatic heterocycles. The Morgan fingerprint density at radius 1 is 1.05 bits per heavy atom. The number of benzene rings is 1. The molecular weight excluding hydrogens is 276 g/mol. The molecular formula is C18H26N2S. The number of likely N-dealkylation sites (N-methyl/N-ethyl adjacent to an activating group) is 1. The second-order valence-electron chi connectivity index (χ2n) is 5.68. The summed E-state index contributed by atoms with van der Waals surface area (Å²) in [5, 5.41) is 3.46. The largest absolute Gasteiger partial charge is 0.303 e. The molecule has 0 saturated heterocycles. The van der Waals surface area contributed by atoms with Crippen molar-refractivity contribution in [1.82, 2.24) is 9.88 Å². The molecule has 0 aliphatic rings. The average molecular weight is 302 g/mol. The highest BCUT2D eigenvalue weighted by Crippen LogP contribution is 2.29. The molecule has 0 atom stereocenters. The number of thiazole rings is 1. The minimum Gasteiger partial charge on any atom is -0.303 e. The van der Waals surface area contributed by atoms with Crippen molar-refractivity contribution in [2.75, 3.05) is 19.6 Å². The van der Waals surface area contributed by atoms with E-state index in [4.69, 9.17) is 4.98 Å². The van der Waals surface area contributed by atoms with E-state index >= 15 is 0 Å². The summed E-state index contributed by atoms with van der Waals surface area (Å²) in [5.41, 5.74) is 6.43. The normalized spacial score (nSPS) is 11.3. The van der Waals surface area contributed by atoms with Crippen molar-refractivity contribution in [3.8, 4) is 11.3 Å². The average Bonchev–Trinajstić information content (AvgIpc) is 2.87. The summed E-state index contributed by atoms with van der Waals surface area (Å²) in [6.07, 6.45) is 1.05. The molecule has 1 heterocycles. The van der Waals surface area contributed by atoms with E-state index in [1.54, 1.807) is 11.3 Å². The van der Waals surface area contributed by atoms with E-state index in [0.717, 1.165) is 31.7 Å². The Morgan fingerprint density at radius 2 is 1.67 bits per heavy atom. The fourth-order valence-corrected chi connectivity index (χ4v) is 3.70. The maximum Gasteiger partial charge on any atom is 0.0945 e. The van der Waals surface area contributed by atoms with Crippen LogP contribution in [0.15, 0.2) is 17.5 Å². The predicted molar refractivity (Wildman–Crippen MR) is 93.3 cm³/mol. The van der Waals surface area contributed by atoms with Crippen LogP contribution in [-0.4, -0.2) is 29.5 Å². The summed E-state index contributed by atoms with van der Waals surface area (Å²) in [6, 6.07) is 4.49. The highest BCUT2D eigenvalue weighted by Gasteiger charge is 2.11. The molecule has 114 valence electrons. The molecule has 3 heteroatoms. The van der Waals surface area contributed by atoms with E-state index in [1.807, 2.05) is 0 Å². The minimum absolute atomic E-state index is 1.05. The van der Waals surface area contributed by atoms with Gasteiger partial charge in [0.05, 0.1) is 10.7 Å². The van der Waals surface area contributed by atoms with Crippen molar-refractivity contribution >= 4 is 11.3 Å². The number of hydrogen-bond acceptors (Lipinski definition) is 3. The Balaban J connectivity index is 2.17. The topological polar surface area (TPSA) is 16.1 Å². The summed E-state index contributed by atoms with van der Waals surface area (Å²) in [7, 11) is 0. The molecule has 0 N–H and O–H groups in total. The molecule has 0 fully saturated rings. The fourth-order valence-electron chi connectivity index (χ4n) is 2.92. The molecule has 2 nitrogen and oxygen atoms in total. The van der Waals surface area contributed by atoms with E-state index in [-0.39, 0.29) is 0 Å². The zero-order valence-electron chi connectivity index (χ0n) is 13.9. The van der Waals surface area contributed by atoms with Crippen LogP contribution in [0.4, 0.5) is 0 Å². The molecule has 21 heavy (non-hydrogen) atoms. The van der Waals surface area contributed by atoms with Gasteiger partial charge in [-0.1, -0.05) is 31.5 Å². The number of hydrogen-bond donors (Lipinski definition) is 0. The van der Waals surface area contributed by atoms with Crippen LogP contribution in [0, 0.1) is 20.8 Å². The molecule has 2 rings (SSSR count). The number of aryl methyl sites for hydroxylation is 3. The second-order valence-corrected chi connectivity index (χ2v) is 6.62. The van der Waals surface area contributed by atoms with Crippen molar-refractivity contribution in [2.45, 2.75) is 41.0 Å². The Morgan fingerprint density at radius 3 is 2.24 bits per heavy atom. The standard InChI is InChI=1S/C18H26N2S/c1-6-20(7-2)9-8-17-19-16(12-21-17)18-14(4)10-13(3)11-15(18)5/h10-12H,6-9H2,1-5H3. The summed E-state index contributed by atoms with van der Waals surface area (Å²) >= 11 is 1.79. The molecule has 2 aromatic rings. The van der Waals surface area contributed by atoms with Gasteiger partial charge in [0.25, 0.3) is 0 Å². The molecule has 0 saturated carbocycles. The van der Waals surface area contributed by atoms with E-state index in [0.29, 0.717) is 0 Å². The Bertz CT molecular complexity index is 574. The van der Waals surface area contributed by atoms with Crippen LogP contribution in [-0.2, 0) is 6.42 Å². The quantitative estimate of drug-likeness (QED) is 0.774. The van der Waals surface area contributed by atoms with E-state index in [9.17, 15) is 0 Å². The van der Waals surface area contributed by atoms with Crippen molar-refractivity contribution in [3.63, 3.8) is 0 Å². The van der Waals surface area contributed by atoms with Gasteiger partial charge in [-0.25, -0.2) is 4.98 Å². The lowest BCUT2D eigenvalue weighted by Gasteiger charge is -2.16. The van der Waals surface area contributed by atoms with E-state index < -0.39 is 0 Å². The van der Waals surface area contributed by atoms with Gasteiger partial charge in [-0.3, -0.25) is 0 Å². The zero-order valence-corrected chi connectivity index (χ0v) is 14.7. The highest BCUT2D eigenvalue weighted by molar-refractivity contribution is 7.09. The second kappa shape index (κ2) is 7.19. The Kier molecular flexibility index (Phi) is 5.54. The van der Waals surface area contributed by atoms with Crippen molar-refractivity contribution < 1.29 is 0 Å². The van der Waals surface area contributed by atoms with E-state index in [2.05, 4.69) is 57.0 Å². The molecule has 0 aliphatic heterocycles. The Labute approximate surface area is 132 Å². The van der Waals surface area contributed by atoms with Crippen LogP contribution in [0.2, 0.25) is 0 Å². The SMILES string of the molecule is CCN(CC)CCc1nc(-c2c(C)cc(C)cc2C)cs1. The van der Waals surface area contributed by atoms with Crippen LogP contribution in [0.5, 0.6) is 0 Å². The predicted octanol–water partition coefficient (Wildman–Crippen LogP) is 4.62. The summed E-state index contributed by atoms with van der Waals surface area (Å²) in [4.78, 5) is 7.31. The summed E-state index contributed by atoms with van der Waals surface area (Å²) in [6.45, 7) is 14.3. The van der Waals surface area contributed by atoms with Gasteiger partial charge in [-0.05, 0) is 45.0 Å². The van der Waals surface area contributed by atoms with Crippen LogP contribution in [0.3, 0.4) is 0 Å². The van der Waals surface area contributed by atoms with Crippen LogP contribution in [0.1, 0.15) is 35.5 Å². The van der Waals surface area contributed by atoms with Gasteiger partial charge in [-0.15, -0.1) is 11.3 Å². The highest BCUT2D eigenvalue weighted by atomic mass is 32.1. The lowest BCUT2D eigenvalue weighted by atomic mass is 9.98. The third kappa shape index (κ3) is 3.92. The van der Waals surface area contributed by atoms with Gasteiger partial charge in [0, 0.05) is 23.9 Å². The van der Waals surface area contributed by atoms with Gasteiger partial charge in [-0.2, -0.15) is 0 Å². The minimum atomic E-state index is 1.05. The Hall–Kier alpha value is -1.19. The lowest BCUT2D eigenvalue weighted by Crippen LogP contribution is -2.25. The van der Waals surface area contributed by atoms with Crippen LogP contribution >= 0.6 is 11.3 Å². The van der Waals surface area contributed by atoms with Crippen molar-refractivity contribution in [1.29, 1.82) is 0 Å². The smallest absolute Gasteiger partial charge is 0.0945 e. The third-order valence-corrected chi connectivity index (χ3v) is 4.93.